The quantitative estimate of drug-likeness (QED) is 0.851. The molecular formula is C16H13N3O2S. The molecule has 0 saturated carbocycles. The van der Waals surface area contributed by atoms with E-state index < -0.39 is 10.0 Å². The smallest absolute Gasteiger partial charge is 0.285 e. The minimum absolute atomic E-state index is 0.247. The summed E-state index contributed by atoms with van der Waals surface area (Å²) < 4.78 is 28.0. The van der Waals surface area contributed by atoms with Crippen LogP contribution in [-0.2, 0) is 16.6 Å². The monoisotopic (exact) mass is 311 g/mol. The Hall–Kier alpha value is -2.65. The van der Waals surface area contributed by atoms with Crippen molar-refractivity contribution >= 4 is 15.9 Å². The number of nitrogens with zero attached hydrogens (tertiary/aromatic N) is 3. The summed E-state index contributed by atoms with van der Waals surface area (Å²) in [5, 5.41) is 8.80. The zero-order valence-electron chi connectivity index (χ0n) is 11.9. The lowest BCUT2D eigenvalue weighted by atomic mass is 10.1. The van der Waals surface area contributed by atoms with Crippen LogP contribution in [0.25, 0.3) is 0 Å². The second kappa shape index (κ2) is 5.28. The van der Waals surface area contributed by atoms with Crippen LogP contribution >= 0.6 is 0 Å². The molecular weight excluding hydrogens is 298 g/mol. The van der Waals surface area contributed by atoms with Gasteiger partial charge in [-0.1, -0.05) is 24.3 Å². The van der Waals surface area contributed by atoms with Gasteiger partial charge in [0.25, 0.3) is 10.0 Å². The van der Waals surface area contributed by atoms with Crippen molar-refractivity contribution in [3.63, 3.8) is 0 Å². The molecule has 0 spiro atoms. The number of sulfonamides is 1. The largest absolute Gasteiger partial charge is 0.354 e. The third-order valence-electron chi connectivity index (χ3n) is 3.48. The normalized spacial score (nSPS) is 14.8. The van der Waals surface area contributed by atoms with E-state index in [1.165, 1.54) is 0 Å². The summed E-state index contributed by atoms with van der Waals surface area (Å²) >= 11 is 0. The maximum Gasteiger partial charge on any atom is 0.285 e. The highest BCUT2D eigenvalue weighted by molar-refractivity contribution is 7.90. The Balaban J connectivity index is 1.90. The number of nitriles is 1. The van der Waals surface area contributed by atoms with Crippen LogP contribution in [0.1, 0.15) is 16.7 Å². The Bertz CT molecular complexity index is 894. The summed E-state index contributed by atoms with van der Waals surface area (Å²) in [5.74, 6) is 0.444. The highest BCUT2D eigenvalue weighted by atomic mass is 32.2. The predicted octanol–water partition coefficient (Wildman–Crippen LogP) is 2.14. The van der Waals surface area contributed by atoms with Crippen molar-refractivity contribution in [3.8, 4) is 6.07 Å². The van der Waals surface area contributed by atoms with Gasteiger partial charge in [-0.15, -0.1) is 4.40 Å². The predicted molar refractivity (Wildman–Crippen MR) is 82.8 cm³/mol. The molecule has 0 aromatic heterocycles. The maximum absolute atomic E-state index is 12.1. The van der Waals surface area contributed by atoms with Gasteiger partial charge in [-0.05, 0) is 29.8 Å². The van der Waals surface area contributed by atoms with Crippen molar-refractivity contribution in [2.24, 2.45) is 4.40 Å². The van der Waals surface area contributed by atoms with Crippen molar-refractivity contribution in [1.29, 1.82) is 5.26 Å². The Morgan fingerprint density at radius 2 is 1.82 bits per heavy atom. The van der Waals surface area contributed by atoms with Crippen LogP contribution in [0.5, 0.6) is 0 Å². The minimum atomic E-state index is -3.60. The summed E-state index contributed by atoms with van der Waals surface area (Å²) in [6.45, 7) is 0.508. The summed E-state index contributed by atoms with van der Waals surface area (Å²) in [6, 6.07) is 16.1. The van der Waals surface area contributed by atoms with Crippen LogP contribution in [0.3, 0.4) is 0 Å². The van der Waals surface area contributed by atoms with E-state index in [1.807, 2.05) is 12.1 Å². The summed E-state index contributed by atoms with van der Waals surface area (Å²) in [7, 11) is -1.80. The molecule has 1 aliphatic heterocycles. The standard InChI is InChI=1S/C16H13N3O2S/c1-19(11-13-8-6-12(10-17)7-9-13)16-14-4-2-3-5-15(14)22(20,21)18-16/h2-9H,11H2,1H3. The number of amidine groups is 1. The Morgan fingerprint density at radius 1 is 1.14 bits per heavy atom. The van der Waals surface area contributed by atoms with E-state index in [9.17, 15) is 8.42 Å². The third kappa shape index (κ3) is 2.47. The molecule has 3 rings (SSSR count). The average Bonchev–Trinajstić information content (AvgIpc) is 2.80. The van der Waals surface area contributed by atoms with Crippen LogP contribution in [0, 0.1) is 11.3 Å². The molecule has 0 saturated heterocycles. The number of benzene rings is 2. The van der Waals surface area contributed by atoms with Gasteiger partial charge in [0.2, 0.25) is 0 Å². The second-order valence-corrected chi connectivity index (χ2v) is 6.62. The lowest BCUT2D eigenvalue weighted by molar-refractivity contribution is 0.502. The molecule has 6 heteroatoms. The topological polar surface area (TPSA) is 73.5 Å². The Kier molecular flexibility index (Phi) is 3.43. The van der Waals surface area contributed by atoms with E-state index >= 15 is 0 Å². The van der Waals surface area contributed by atoms with Gasteiger partial charge >= 0.3 is 0 Å². The second-order valence-electron chi connectivity index (χ2n) is 5.05. The van der Waals surface area contributed by atoms with Crippen LogP contribution in [0.4, 0.5) is 0 Å². The van der Waals surface area contributed by atoms with E-state index in [-0.39, 0.29) is 4.90 Å². The highest BCUT2D eigenvalue weighted by Crippen LogP contribution is 2.27. The molecule has 0 N–H and O–H groups in total. The molecule has 2 aromatic rings. The fourth-order valence-electron chi connectivity index (χ4n) is 2.40. The van der Waals surface area contributed by atoms with Gasteiger partial charge < -0.3 is 4.90 Å². The lowest BCUT2D eigenvalue weighted by Gasteiger charge is -2.19. The fourth-order valence-corrected chi connectivity index (χ4v) is 3.65. The number of fused-ring (bicyclic) bond motifs is 1. The highest BCUT2D eigenvalue weighted by Gasteiger charge is 2.30. The Morgan fingerprint density at radius 3 is 2.50 bits per heavy atom. The molecule has 0 fully saturated rings. The first-order chi connectivity index (χ1) is 10.5. The molecule has 0 unspecified atom stereocenters. The van der Waals surface area contributed by atoms with Crippen molar-refractivity contribution in [2.45, 2.75) is 11.4 Å². The van der Waals surface area contributed by atoms with Gasteiger partial charge in [0, 0.05) is 19.2 Å². The lowest BCUT2D eigenvalue weighted by Crippen LogP contribution is -2.26. The first-order valence-electron chi connectivity index (χ1n) is 6.66. The van der Waals surface area contributed by atoms with E-state index in [2.05, 4.69) is 10.5 Å². The van der Waals surface area contributed by atoms with E-state index in [4.69, 9.17) is 5.26 Å². The molecule has 110 valence electrons. The molecule has 0 radical (unpaired) electrons. The van der Waals surface area contributed by atoms with Crippen molar-refractivity contribution in [3.05, 3.63) is 65.2 Å². The summed E-state index contributed by atoms with van der Waals surface area (Å²) in [6.07, 6.45) is 0. The first kappa shape index (κ1) is 14.3. The first-order valence-corrected chi connectivity index (χ1v) is 8.10. The minimum Gasteiger partial charge on any atom is -0.354 e. The van der Waals surface area contributed by atoms with Crippen molar-refractivity contribution in [2.75, 3.05) is 7.05 Å². The number of rotatable bonds is 2. The zero-order valence-corrected chi connectivity index (χ0v) is 12.7. The molecule has 1 aliphatic rings. The fraction of sp³-hybridized carbons (Fsp3) is 0.125. The molecule has 0 amide bonds. The SMILES string of the molecule is CN(Cc1ccc(C#N)cc1)C1=NS(=O)(=O)c2ccccc21. The number of hydrogen-bond donors (Lipinski definition) is 0. The maximum atomic E-state index is 12.1. The van der Waals surface area contributed by atoms with Crippen LogP contribution in [0.2, 0.25) is 0 Å². The molecule has 1 heterocycles. The summed E-state index contributed by atoms with van der Waals surface area (Å²) in [4.78, 5) is 2.04. The zero-order chi connectivity index (χ0) is 15.7. The third-order valence-corrected chi connectivity index (χ3v) is 4.80. The van der Waals surface area contributed by atoms with Crippen molar-refractivity contribution < 1.29 is 8.42 Å². The van der Waals surface area contributed by atoms with Gasteiger partial charge in [0.15, 0.2) is 5.84 Å². The van der Waals surface area contributed by atoms with Crippen LogP contribution in [-0.4, -0.2) is 26.2 Å². The number of hydrogen-bond acceptors (Lipinski definition) is 4. The van der Waals surface area contributed by atoms with Gasteiger partial charge in [0.1, 0.15) is 4.90 Å². The van der Waals surface area contributed by atoms with Gasteiger partial charge in [-0.2, -0.15) is 13.7 Å². The van der Waals surface area contributed by atoms with Gasteiger partial charge in [0.05, 0.1) is 11.6 Å². The average molecular weight is 311 g/mol. The molecule has 2 aromatic carbocycles. The summed E-state index contributed by atoms with van der Waals surface area (Å²) in [5.41, 5.74) is 2.20. The molecule has 5 nitrogen and oxygen atoms in total. The van der Waals surface area contributed by atoms with Gasteiger partial charge in [-0.25, -0.2) is 0 Å². The van der Waals surface area contributed by atoms with E-state index in [0.29, 0.717) is 23.5 Å². The van der Waals surface area contributed by atoms with Crippen LogP contribution < -0.4 is 0 Å². The van der Waals surface area contributed by atoms with Gasteiger partial charge in [-0.3, -0.25) is 0 Å². The van der Waals surface area contributed by atoms with E-state index in [1.54, 1.807) is 48.3 Å². The van der Waals surface area contributed by atoms with E-state index in [0.717, 1.165) is 5.56 Å². The van der Waals surface area contributed by atoms with Crippen LogP contribution in [0.15, 0.2) is 57.8 Å². The molecule has 0 atom stereocenters. The molecule has 0 aliphatic carbocycles. The van der Waals surface area contributed by atoms with Crippen molar-refractivity contribution in [1.82, 2.24) is 4.90 Å². The molecule has 0 bridgehead atoms. The Labute approximate surface area is 129 Å². The molecule has 22 heavy (non-hydrogen) atoms.